The topological polar surface area (TPSA) is 29.5 Å². The summed E-state index contributed by atoms with van der Waals surface area (Å²) < 4.78 is 17.8. The summed E-state index contributed by atoms with van der Waals surface area (Å²) in [6, 6.07) is 5.46. The Hall–Kier alpha value is -1.84. The van der Waals surface area contributed by atoms with Gasteiger partial charge in [-0.1, -0.05) is 0 Å². The van der Waals surface area contributed by atoms with Gasteiger partial charge < -0.3 is 9.64 Å². The molecule has 80 valence electrons. The second kappa shape index (κ2) is 5.14. The molecule has 0 spiro atoms. The Morgan fingerprint density at radius 2 is 1.93 bits per heavy atom. The lowest BCUT2D eigenvalue weighted by Crippen LogP contribution is -2.07. The third kappa shape index (κ3) is 3.81. The van der Waals surface area contributed by atoms with Crippen LogP contribution < -0.4 is 4.74 Å². The van der Waals surface area contributed by atoms with Crippen LogP contribution in [-0.4, -0.2) is 25.3 Å². The van der Waals surface area contributed by atoms with E-state index in [4.69, 9.17) is 4.74 Å². The molecule has 0 aromatic heterocycles. The second-order valence-electron chi connectivity index (χ2n) is 3.17. The molecule has 0 bridgehead atoms. The van der Waals surface area contributed by atoms with Gasteiger partial charge in [0.05, 0.1) is 0 Å². The van der Waals surface area contributed by atoms with Crippen molar-refractivity contribution in [1.29, 1.82) is 0 Å². The van der Waals surface area contributed by atoms with E-state index in [2.05, 4.69) is 0 Å². The van der Waals surface area contributed by atoms with Gasteiger partial charge in [0.1, 0.15) is 11.6 Å². The van der Waals surface area contributed by atoms with Crippen LogP contribution in [-0.2, 0) is 4.79 Å². The van der Waals surface area contributed by atoms with Gasteiger partial charge in [-0.15, -0.1) is 0 Å². The van der Waals surface area contributed by atoms with Crippen molar-refractivity contribution in [1.82, 2.24) is 4.90 Å². The molecule has 1 aromatic carbocycles. The normalized spacial score (nSPS) is 11.0. The summed E-state index contributed by atoms with van der Waals surface area (Å²) in [6.07, 6.45) is 2.14. The third-order valence-electron chi connectivity index (χ3n) is 1.55. The van der Waals surface area contributed by atoms with Crippen LogP contribution in [0.5, 0.6) is 5.75 Å². The van der Waals surface area contributed by atoms with E-state index in [9.17, 15) is 9.18 Å². The number of allylic oxidation sites excluding steroid dienone is 1. The van der Waals surface area contributed by atoms with Gasteiger partial charge in [0.2, 0.25) is 0 Å². The van der Waals surface area contributed by atoms with Gasteiger partial charge in [0, 0.05) is 20.3 Å². The lowest BCUT2D eigenvalue weighted by Gasteiger charge is -2.08. The highest BCUT2D eigenvalue weighted by Crippen LogP contribution is 2.13. The van der Waals surface area contributed by atoms with Crippen molar-refractivity contribution in [3.8, 4) is 5.75 Å². The molecule has 0 aliphatic rings. The standard InChI is InChI=1S/C11H12FNO2/c1-13(2)7-11(8-14)15-10-5-3-9(12)4-6-10/h3-8H,1-2H3. The summed E-state index contributed by atoms with van der Waals surface area (Å²) in [7, 11) is 3.55. The zero-order valence-corrected chi connectivity index (χ0v) is 8.61. The molecule has 1 rings (SSSR count). The summed E-state index contributed by atoms with van der Waals surface area (Å²) in [6.45, 7) is 0. The molecule has 0 radical (unpaired) electrons. The maximum atomic E-state index is 12.6. The van der Waals surface area contributed by atoms with Crippen molar-refractivity contribution in [2.45, 2.75) is 0 Å². The number of hydrogen-bond donors (Lipinski definition) is 0. The smallest absolute Gasteiger partial charge is 0.186 e. The van der Waals surface area contributed by atoms with E-state index in [-0.39, 0.29) is 11.6 Å². The summed E-state index contributed by atoms with van der Waals surface area (Å²) in [5.74, 6) is 0.259. The molecule has 0 heterocycles. The second-order valence-corrected chi connectivity index (χ2v) is 3.17. The van der Waals surface area contributed by atoms with Crippen LogP contribution in [0.3, 0.4) is 0 Å². The molecule has 0 fully saturated rings. The van der Waals surface area contributed by atoms with Gasteiger partial charge in [-0.2, -0.15) is 0 Å². The number of carbonyl (C=O) groups is 1. The Labute approximate surface area is 87.8 Å². The van der Waals surface area contributed by atoms with Crippen molar-refractivity contribution in [3.05, 3.63) is 42.0 Å². The van der Waals surface area contributed by atoms with Gasteiger partial charge in [0.25, 0.3) is 0 Å². The predicted octanol–water partition coefficient (Wildman–Crippen LogP) is 1.81. The first kappa shape index (κ1) is 11.2. The average molecular weight is 209 g/mol. The van der Waals surface area contributed by atoms with Gasteiger partial charge in [-0.25, -0.2) is 4.39 Å². The van der Waals surface area contributed by atoms with Crippen molar-refractivity contribution >= 4 is 6.29 Å². The molecular weight excluding hydrogens is 197 g/mol. The SMILES string of the molecule is CN(C)C=C(C=O)Oc1ccc(F)cc1. The number of ether oxygens (including phenoxy) is 1. The number of rotatable bonds is 4. The highest BCUT2D eigenvalue weighted by molar-refractivity contribution is 5.70. The molecule has 0 N–H and O–H groups in total. The molecule has 4 heteroatoms. The van der Waals surface area contributed by atoms with Crippen LogP contribution in [0.25, 0.3) is 0 Å². The van der Waals surface area contributed by atoms with Crippen molar-refractivity contribution in [2.24, 2.45) is 0 Å². The highest BCUT2D eigenvalue weighted by atomic mass is 19.1. The molecule has 0 saturated carbocycles. The monoisotopic (exact) mass is 209 g/mol. The quantitative estimate of drug-likeness (QED) is 0.430. The van der Waals surface area contributed by atoms with E-state index >= 15 is 0 Å². The molecule has 1 aromatic rings. The molecule has 0 unspecified atom stereocenters. The number of halogens is 1. The number of benzene rings is 1. The maximum absolute atomic E-state index is 12.6. The molecule has 3 nitrogen and oxygen atoms in total. The fourth-order valence-corrected chi connectivity index (χ4v) is 0.974. The van der Waals surface area contributed by atoms with Crippen LogP contribution in [0.4, 0.5) is 4.39 Å². The van der Waals surface area contributed by atoms with E-state index in [0.717, 1.165) is 0 Å². The van der Waals surface area contributed by atoms with E-state index in [1.54, 1.807) is 19.0 Å². The van der Waals surface area contributed by atoms with E-state index < -0.39 is 0 Å². The Morgan fingerprint density at radius 3 is 2.40 bits per heavy atom. The van der Waals surface area contributed by atoms with E-state index in [1.807, 2.05) is 0 Å². The number of nitrogens with zero attached hydrogens (tertiary/aromatic N) is 1. The maximum Gasteiger partial charge on any atom is 0.186 e. The van der Waals surface area contributed by atoms with Gasteiger partial charge in [-0.05, 0) is 24.3 Å². The van der Waals surface area contributed by atoms with Crippen molar-refractivity contribution in [2.75, 3.05) is 14.1 Å². The van der Waals surface area contributed by atoms with Crippen LogP contribution in [0.1, 0.15) is 0 Å². The summed E-state index contributed by atoms with van der Waals surface area (Å²) >= 11 is 0. The Morgan fingerprint density at radius 1 is 1.33 bits per heavy atom. The average Bonchev–Trinajstić information content (AvgIpc) is 2.19. The minimum Gasteiger partial charge on any atom is -0.452 e. The van der Waals surface area contributed by atoms with Crippen LogP contribution in [0, 0.1) is 5.82 Å². The predicted molar refractivity (Wildman–Crippen MR) is 54.9 cm³/mol. The minimum atomic E-state index is -0.341. The van der Waals surface area contributed by atoms with Gasteiger partial charge in [0.15, 0.2) is 12.0 Å². The Balaban J connectivity index is 2.75. The molecule has 0 aliphatic heterocycles. The molecule has 15 heavy (non-hydrogen) atoms. The minimum absolute atomic E-state index is 0.173. The van der Waals surface area contributed by atoms with Gasteiger partial charge >= 0.3 is 0 Å². The van der Waals surface area contributed by atoms with Crippen molar-refractivity contribution < 1.29 is 13.9 Å². The molecule has 0 saturated heterocycles. The number of aldehydes is 1. The van der Waals surface area contributed by atoms with Crippen LogP contribution in [0.2, 0.25) is 0 Å². The fourth-order valence-electron chi connectivity index (χ4n) is 0.974. The molecular formula is C11H12FNO2. The Bertz CT molecular complexity index is 357. The fraction of sp³-hybridized carbons (Fsp3) is 0.182. The number of carbonyl (C=O) groups excluding carboxylic acids is 1. The molecule has 0 atom stereocenters. The summed E-state index contributed by atoms with van der Waals surface area (Å²) in [5.41, 5.74) is 0. The number of hydrogen-bond acceptors (Lipinski definition) is 3. The van der Waals surface area contributed by atoms with E-state index in [1.165, 1.54) is 30.5 Å². The highest BCUT2D eigenvalue weighted by Gasteiger charge is 2.00. The first-order chi connectivity index (χ1) is 7.11. The summed E-state index contributed by atoms with van der Waals surface area (Å²) in [4.78, 5) is 12.3. The molecule has 0 aliphatic carbocycles. The molecule has 0 amide bonds. The lowest BCUT2D eigenvalue weighted by atomic mass is 10.3. The summed E-state index contributed by atoms with van der Waals surface area (Å²) in [5, 5.41) is 0. The first-order valence-corrected chi connectivity index (χ1v) is 4.38. The zero-order valence-electron chi connectivity index (χ0n) is 8.61. The zero-order chi connectivity index (χ0) is 11.3. The van der Waals surface area contributed by atoms with Gasteiger partial charge in [-0.3, -0.25) is 4.79 Å². The first-order valence-electron chi connectivity index (χ1n) is 4.38. The lowest BCUT2D eigenvalue weighted by molar-refractivity contribution is -0.106. The van der Waals surface area contributed by atoms with Crippen LogP contribution in [0.15, 0.2) is 36.2 Å². The van der Waals surface area contributed by atoms with Crippen LogP contribution >= 0.6 is 0 Å². The van der Waals surface area contributed by atoms with E-state index in [0.29, 0.717) is 12.0 Å². The largest absolute Gasteiger partial charge is 0.452 e. The van der Waals surface area contributed by atoms with Crippen molar-refractivity contribution in [3.63, 3.8) is 0 Å². The third-order valence-corrected chi connectivity index (χ3v) is 1.55. The Kier molecular flexibility index (Phi) is 3.85.